The maximum absolute atomic E-state index is 11.2. The molecule has 2 atom stereocenters. The first-order valence-electron chi connectivity index (χ1n) is 7.84. The van der Waals surface area contributed by atoms with E-state index in [-0.39, 0.29) is 0 Å². The second-order valence-electron chi connectivity index (χ2n) is 6.62. The minimum atomic E-state index is -0.587. The molecule has 2 unspecified atom stereocenters. The first-order valence-corrected chi connectivity index (χ1v) is 7.84. The number of aliphatic hydroxyl groups is 1. The molecule has 2 heterocycles. The van der Waals surface area contributed by atoms with E-state index >= 15 is 0 Å². The predicted octanol–water partition coefficient (Wildman–Crippen LogP) is 3.01. The largest absolute Gasteiger partial charge is 0.383 e. The Morgan fingerprint density at radius 2 is 2.00 bits per heavy atom. The fourth-order valence-corrected chi connectivity index (χ4v) is 4.26. The van der Waals surface area contributed by atoms with Crippen LogP contribution < -0.4 is 0 Å². The minimum absolute atomic E-state index is 0.365. The maximum atomic E-state index is 11.2. The maximum Gasteiger partial charge on any atom is 0.106 e. The molecule has 0 bridgehead atoms. The lowest BCUT2D eigenvalue weighted by Gasteiger charge is -2.32. The molecule has 1 saturated carbocycles. The van der Waals surface area contributed by atoms with Gasteiger partial charge in [0.1, 0.15) is 5.60 Å². The molecule has 2 saturated heterocycles. The van der Waals surface area contributed by atoms with Gasteiger partial charge in [0.2, 0.25) is 0 Å². The topological polar surface area (TPSA) is 23.5 Å². The molecule has 4 rings (SSSR count). The van der Waals surface area contributed by atoms with Gasteiger partial charge in [0.15, 0.2) is 0 Å². The number of hydrogen-bond donors (Lipinski definition) is 1. The number of rotatable bonds is 2. The highest BCUT2D eigenvalue weighted by molar-refractivity contribution is 5.34. The molecule has 1 N–H and O–H groups in total. The summed E-state index contributed by atoms with van der Waals surface area (Å²) in [6.45, 7) is 2.24. The summed E-state index contributed by atoms with van der Waals surface area (Å²) in [6, 6.07) is 9.20. The molecule has 0 spiro atoms. The molecule has 3 aliphatic rings. The Labute approximate surface area is 115 Å². The summed E-state index contributed by atoms with van der Waals surface area (Å²) >= 11 is 0. The van der Waals surface area contributed by atoms with Crippen molar-refractivity contribution in [2.75, 3.05) is 13.1 Å². The molecule has 1 aromatic rings. The smallest absolute Gasteiger partial charge is 0.106 e. The van der Waals surface area contributed by atoms with Gasteiger partial charge < -0.3 is 5.11 Å². The molecule has 3 fully saturated rings. The Bertz CT molecular complexity index is 482. The standard InChI is InChI=1S/C17H23NO/c19-17(9-11-18-10-3-8-16(17)18)15-7-2-6-14(12-15)13-4-1-5-13/h2,6-7,12-13,16,19H,1,3-5,8-11H2. The summed E-state index contributed by atoms with van der Waals surface area (Å²) in [5.41, 5.74) is 2.04. The van der Waals surface area contributed by atoms with Crippen molar-refractivity contribution >= 4 is 0 Å². The normalized spacial score (nSPS) is 35.3. The highest BCUT2D eigenvalue weighted by atomic mass is 16.3. The van der Waals surface area contributed by atoms with E-state index in [1.54, 1.807) is 0 Å². The number of benzene rings is 1. The average Bonchev–Trinajstić information content (AvgIpc) is 2.93. The van der Waals surface area contributed by atoms with E-state index in [2.05, 4.69) is 29.2 Å². The van der Waals surface area contributed by atoms with Crippen molar-refractivity contribution in [3.05, 3.63) is 35.4 Å². The Morgan fingerprint density at radius 3 is 2.79 bits per heavy atom. The van der Waals surface area contributed by atoms with Gasteiger partial charge >= 0.3 is 0 Å². The van der Waals surface area contributed by atoms with Crippen molar-refractivity contribution in [3.8, 4) is 0 Å². The van der Waals surface area contributed by atoms with Crippen LogP contribution in [0.4, 0.5) is 0 Å². The van der Waals surface area contributed by atoms with Gasteiger partial charge in [-0.3, -0.25) is 4.90 Å². The summed E-state index contributed by atoms with van der Waals surface area (Å²) in [7, 11) is 0. The summed E-state index contributed by atoms with van der Waals surface area (Å²) in [5, 5.41) is 11.2. The van der Waals surface area contributed by atoms with Gasteiger partial charge in [0, 0.05) is 12.6 Å². The Kier molecular flexibility index (Phi) is 2.71. The third kappa shape index (κ3) is 1.77. The van der Waals surface area contributed by atoms with E-state index in [1.807, 2.05) is 0 Å². The zero-order valence-corrected chi connectivity index (χ0v) is 11.5. The van der Waals surface area contributed by atoms with Crippen LogP contribution in [0, 0.1) is 0 Å². The summed E-state index contributed by atoms with van der Waals surface area (Å²) in [5.74, 6) is 0.754. The lowest BCUT2D eigenvalue weighted by atomic mass is 9.77. The van der Waals surface area contributed by atoms with Gasteiger partial charge in [-0.05, 0) is 55.7 Å². The van der Waals surface area contributed by atoms with Crippen molar-refractivity contribution in [1.82, 2.24) is 4.90 Å². The van der Waals surface area contributed by atoms with Gasteiger partial charge in [0.05, 0.1) is 0 Å². The van der Waals surface area contributed by atoms with Crippen LogP contribution in [0.3, 0.4) is 0 Å². The monoisotopic (exact) mass is 257 g/mol. The molecule has 19 heavy (non-hydrogen) atoms. The van der Waals surface area contributed by atoms with Crippen LogP contribution in [-0.4, -0.2) is 29.1 Å². The molecular formula is C17H23NO. The van der Waals surface area contributed by atoms with Crippen molar-refractivity contribution < 1.29 is 5.11 Å². The molecule has 0 radical (unpaired) electrons. The number of hydrogen-bond acceptors (Lipinski definition) is 2. The minimum Gasteiger partial charge on any atom is -0.383 e. The van der Waals surface area contributed by atoms with Crippen molar-refractivity contribution in [2.45, 2.75) is 56.1 Å². The number of nitrogens with zero attached hydrogens (tertiary/aromatic N) is 1. The van der Waals surface area contributed by atoms with Crippen molar-refractivity contribution in [3.63, 3.8) is 0 Å². The van der Waals surface area contributed by atoms with Crippen molar-refractivity contribution in [1.29, 1.82) is 0 Å². The first kappa shape index (κ1) is 11.9. The zero-order chi connectivity index (χ0) is 12.9. The molecular weight excluding hydrogens is 234 g/mol. The highest BCUT2D eigenvalue weighted by Crippen LogP contribution is 2.44. The highest BCUT2D eigenvalue weighted by Gasteiger charge is 2.49. The van der Waals surface area contributed by atoms with Crippen LogP contribution in [0.5, 0.6) is 0 Å². The van der Waals surface area contributed by atoms with Crippen LogP contribution in [0.1, 0.15) is 55.6 Å². The molecule has 2 aliphatic heterocycles. The summed E-state index contributed by atoms with van der Waals surface area (Å²) < 4.78 is 0. The van der Waals surface area contributed by atoms with Gasteiger partial charge in [-0.15, -0.1) is 0 Å². The summed E-state index contributed by atoms with van der Waals surface area (Å²) in [4.78, 5) is 2.48. The Morgan fingerprint density at radius 1 is 1.11 bits per heavy atom. The second kappa shape index (κ2) is 4.32. The molecule has 1 aliphatic carbocycles. The Balaban J connectivity index is 1.67. The third-order valence-corrected chi connectivity index (χ3v) is 5.66. The van der Waals surface area contributed by atoms with Gasteiger partial charge in [-0.2, -0.15) is 0 Å². The molecule has 0 amide bonds. The van der Waals surface area contributed by atoms with Crippen LogP contribution >= 0.6 is 0 Å². The van der Waals surface area contributed by atoms with Crippen LogP contribution in [0.15, 0.2) is 24.3 Å². The van der Waals surface area contributed by atoms with Gasteiger partial charge in [-0.25, -0.2) is 0 Å². The fraction of sp³-hybridized carbons (Fsp3) is 0.647. The first-order chi connectivity index (χ1) is 9.27. The van der Waals surface area contributed by atoms with E-state index in [0.717, 1.165) is 25.3 Å². The van der Waals surface area contributed by atoms with Gasteiger partial charge in [0.25, 0.3) is 0 Å². The zero-order valence-electron chi connectivity index (χ0n) is 11.5. The Hall–Kier alpha value is -0.860. The lowest BCUT2D eigenvalue weighted by molar-refractivity contribution is 0.00927. The van der Waals surface area contributed by atoms with E-state index in [0.29, 0.717) is 6.04 Å². The van der Waals surface area contributed by atoms with E-state index < -0.39 is 5.60 Å². The van der Waals surface area contributed by atoms with Gasteiger partial charge in [-0.1, -0.05) is 30.7 Å². The molecule has 2 nitrogen and oxygen atoms in total. The van der Waals surface area contributed by atoms with Crippen molar-refractivity contribution in [2.24, 2.45) is 0 Å². The second-order valence-corrected chi connectivity index (χ2v) is 6.62. The fourth-order valence-electron chi connectivity index (χ4n) is 4.26. The lowest BCUT2D eigenvalue weighted by Crippen LogP contribution is -2.38. The van der Waals surface area contributed by atoms with Crippen LogP contribution in [0.2, 0.25) is 0 Å². The van der Waals surface area contributed by atoms with Crippen LogP contribution in [-0.2, 0) is 5.60 Å². The third-order valence-electron chi connectivity index (χ3n) is 5.66. The predicted molar refractivity (Wildman–Crippen MR) is 76.1 cm³/mol. The quantitative estimate of drug-likeness (QED) is 0.880. The summed E-state index contributed by atoms with van der Waals surface area (Å²) in [6.07, 6.45) is 7.34. The number of fused-ring (bicyclic) bond motifs is 1. The van der Waals surface area contributed by atoms with Crippen LogP contribution in [0.25, 0.3) is 0 Å². The van der Waals surface area contributed by atoms with E-state index in [1.165, 1.54) is 43.4 Å². The van der Waals surface area contributed by atoms with E-state index in [9.17, 15) is 5.11 Å². The van der Waals surface area contributed by atoms with E-state index in [4.69, 9.17) is 0 Å². The molecule has 102 valence electrons. The molecule has 0 aromatic heterocycles. The molecule has 2 heteroatoms. The molecule has 1 aromatic carbocycles. The average molecular weight is 257 g/mol. The SMILES string of the molecule is OC1(c2cccc(C3CCC3)c2)CCN2CCCC21.